The molecule has 0 aliphatic heterocycles. The van der Waals surface area contributed by atoms with Gasteiger partial charge in [-0.3, -0.25) is 0 Å². The molecule has 0 aromatic carbocycles. The fourth-order valence-corrected chi connectivity index (χ4v) is 2.29. The van der Waals surface area contributed by atoms with Crippen LogP contribution < -0.4 is 0 Å². The van der Waals surface area contributed by atoms with Gasteiger partial charge < -0.3 is 14.0 Å². The number of fused-ring (bicyclic) bond motifs is 1. The smallest absolute Gasteiger partial charge is 0.0952 e. The highest BCUT2D eigenvalue weighted by molar-refractivity contribution is 5.16. The first-order chi connectivity index (χ1) is 8.42. The van der Waals surface area contributed by atoms with Crippen molar-refractivity contribution in [2.24, 2.45) is 0 Å². The Morgan fingerprint density at radius 2 is 2.12 bits per heavy atom. The van der Waals surface area contributed by atoms with Gasteiger partial charge >= 0.3 is 0 Å². The summed E-state index contributed by atoms with van der Waals surface area (Å²) in [6.07, 6.45) is 7.86. The van der Waals surface area contributed by atoms with Crippen LogP contribution in [0.25, 0.3) is 0 Å². The third-order valence-corrected chi connectivity index (χ3v) is 3.22. The van der Waals surface area contributed by atoms with E-state index >= 15 is 0 Å². The van der Waals surface area contributed by atoms with E-state index in [0.717, 1.165) is 39.2 Å². The molecule has 0 radical (unpaired) electrons. The van der Waals surface area contributed by atoms with Crippen LogP contribution in [0, 0.1) is 0 Å². The average molecular weight is 238 g/mol. The van der Waals surface area contributed by atoms with Crippen molar-refractivity contribution in [2.75, 3.05) is 26.9 Å². The predicted molar refractivity (Wildman–Crippen MR) is 66.2 cm³/mol. The van der Waals surface area contributed by atoms with E-state index in [1.807, 2.05) is 6.33 Å². The largest absolute Gasteiger partial charge is 0.385 e. The molecule has 0 unspecified atom stereocenters. The molecule has 0 fully saturated rings. The lowest BCUT2D eigenvalue weighted by Crippen LogP contribution is -2.12. The summed E-state index contributed by atoms with van der Waals surface area (Å²) >= 11 is 0. The van der Waals surface area contributed by atoms with E-state index in [4.69, 9.17) is 9.47 Å². The van der Waals surface area contributed by atoms with Crippen molar-refractivity contribution in [3.63, 3.8) is 0 Å². The van der Waals surface area contributed by atoms with Crippen molar-refractivity contribution < 1.29 is 9.47 Å². The number of nitrogens with zero attached hydrogens (tertiary/aromatic N) is 2. The number of rotatable bonds is 7. The summed E-state index contributed by atoms with van der Waals surface area (Å²) in [4.78, 5) is 4.47. The summed E-state index contributed by atoms with van der Waals surface area (Å²) < 4.78 is 12.8. The summed E-state index contributed by atoms with van der Waals surface area (Å²) in [5.41, 5.74) is 2.73. The van der Waals surface area contributed by atoms with Crippen LogP contribution >= 0.6 is 0 Å². The van der Waals surface area contributed by atoms with Gasteiger partial charge in [0.15, 0.2) is 0 Å². The first-order valence-corrected chi connectivity index (χ1v) is 6.51. The van der Waals surface area contributed by atoms with Crippen molar-refractivity contribution >= 4 is 0 Å². The van der Waals surface area contributed by atoms with Gasteiger partial charge in [-0.2, -0.15) is 0 Å². The Hall–Kier alpha value is -0.870. The standard InChI is InChI=1S/C13H22N2O2/c1-16-8-4-9-17-10-7-15-11-14-12-5-2-3-6-13(12)15/h11H,2-10H2,1H3. The van der Waals surface area contributed by atoms with E-state index in [9.17, 15) is 0 Å². The lowest BCUT2D eigenvalue weighted by atomic mass is 10.0. The zero-order valence-electron chi connectivity index (χ0n) is 10.7. The number of aryl methyl sites for hydroxylation is 1. The van der Waals surface area contributed by atoms with Crippen LogP contribution in [-0.4, -0.2) is 36.5 Å². The van der Waals surface area contributed by atoms with Crippen LogP contribution in [0.1, 0.15) is 30.7 Å². The van der Waals surface area contributed by atoms with E-state index < -0.39 is 0 Å². The summed E-state index contributed by atoms with van der Waals surface area (Å²) in [7, 11) is 1.72. The minimum atomic E-state index is 0.770. The Morgan fingerprint density at radius 3 is 3.00 bits per heavy atom. The van der Waals surface area contributed by atoms with Crippen molar-refractivity contribution in [3.05, 3.63) is 17.7 Å². The maximum absolute atomic E-state index is 5.57. The molecule has 4 nitrogen and oxygen atoms in total. The van der Waals surface area contributed by atoms with Gasteiger partial charge in [-0.1, -0.05) is 0 Å². The zero-order valence-corrected chi connectivity index (χ0v) is 10.7. The molecule has 0 amide bonds. The molecule has 1 aliphatic carbocycles. The second-order valence-electron chi connectivity index (χ2n) is 4.50. The van der Waals surface area contributed by atoms with E-state index in [1.165, 1.54) is 30.7 Å². The molecule has 0 saturated heterocycles. The molecular weight excluding hydrogens is 216 g/mol. The molecule has 1 heterocycles. The van der Waals surface area contributed by atoms with Gasteiger partial charge in [0.05, 0.1) is 18.6 Å². The molecule has 0 spiro atoms. The SMILES string of the molecule is COCCCOCCn1cnc2c1CCCC2. The Kier molecular flexibility index (Phi) is 5.01. The van der Waals surface area contributed by atoms with Crippen LogP contribution in [0.4, 0.5) is 0 Å². The lowest BCUT2D eigenvalue weighted by Gasteiger charge is -2.14. The van der Waals surface area contributed by atoms with Gasteiger partial charge in [-0.25, -0.2) is 4.98 Å². The van der Waals surface area contributed by atoms with Crippen LogP contribution in [0.5, 0.6) is 0 Å². The van der Waals surface area contributed by atoms with Crippen LogP contribution in [0.2, 0.25) is 0 Å². The molecule has 1 aromatic heterocycles. The number of imidazole rings is 1. The third kappa shape index (κ3) is 3.54. The molecule has 0 saturated carbocycles. The predicted octanol–water partition coefficient (Wildman–Crippen LogP) is 1.81. The number of aromatic nitrogens is 2. The number of hydrogen-bond donors (Lipinski definition) is 0. The summed E-state index contributed by atoms with van der Waals surface area (Å²) in [6.45, 7) is 3.26. The molecule has 1 aromatic rings. The molecule has 2 rings (SSSR count). The van der Waals surface area contributed by atoms with E-state index in [2.05, 4.69) is 9.55 Å². The molecule has 1 aliphatic rings. The highest BCUT2D eigenvalue weighted by Gasteiger charge is 2.14. The van der Waals surface area contributed by atoms with Gasteiger partial charge in [0.1, 0.15) is 0 Å². The van der Waals surface area contributed by atoms with Gasteiger partial charge in [-0.15, -0.1) is 0 Å². The normalized spacial score (nSPS) is 14.9. The molecule has 17 heavy (non-hydrogen) atoms. The van der Waals surface area contributed by atoms with Crippen molar-refractivity contribution in [3.8, 4) is 0 Å². The Balaban J connectivity index is 1.70. The number of hydrogen-bond acceptors (Lipinski definition) is 3. The average Bonchev–Trinajstić information content (AvgIpc) is 2.77. The van der Waals surface area contributed by atoms with Gasteiger partial charge in [-0.05, 0) is 32.1 Å². The van der Waals surface area contributed by atoms with Crippen LogP contribution in [0.15, 0.2) is 6.33 Å². The summed E-state index contributed by atoms with van der Waals surface area (Å²) in [5.74, 6) is 0. The molecule has 4 heteroatoms. The minimum Gasteiger partial charge on any atom is -0.385 e. The first-order valence-electron chi connectivity index (χ1n) is 6.51. The molecule has 96 valence electrons. The van der Waals surface area contributed by atoms with Crippen molar-refractivity contribution in [1.82, 2.24) is 9.55 Å². The summed E-state index contributed by atoms with van der Waals surface area (Å²) in [5, 5.41) is 0. The fourth-order valence-electron chi connectivity index (χ4n) is 2.29. The monoisotopic (exact) mass is 238 g/mol. The number of ether oxygens (including phenoxy) is 2. The highest BCUT2D eigenvalue weighted by Crippen LogP contribution is 2.19. The van der Waals surface area contributed by atoms with Crippen LogP contribution in [-0.2, 0) is 28.9 Å². The van der Waals surface area contributed by atoms with Crippen molar-refractivity contribution in [1.29, 1.82) is 0 Å². The van der Waals surface area contributed by atoms with Crippen LogP contribution in [0.3, 0.4) is 0 Å². The van der Waals surface area contributed by atoms with E-state index in [0.29, 0.717) is 0 Å². The van der Waals surface area contributed by atoms with Gasteiger partial charge in [0.25, 0.3) is 0 Å². The maximum Gasteiger partial charge on any atom is 0.0952 e. The minimum absolute atomic E-state index is 0.770. The zero-order chi connectivity index (χ0) is 11.9. The lowest BCUT2D eigenvalue weighted by molar-refractivity contribution is 0.0973. The molecule has 0 N–H and O–H groups in total. The maximum atomic E-state index is 5.57. The van der Waals surface area contributed by atoms with Gasteiger partial charge in [0.2, 0.25) is 0 Å². The molecular formula is C13H22N2O2. The molecule has 0 bridgehead atoms. The Labute approximate surface area is 103 Å². The quantitative estimate of drug-likeness (QED) is 0.680. The fraction of sp³-hybridized carbons (Fsp3) is 0.769. The van der Waals surface area contributed by atoms with Crippen molar-refractivity contribution in [2.45, 2.75) is 38.6 Å². The third-order valence-electron chi connectivity index (χ3n) is 3.22. The Bertz CT molecular complexity index is 336. The van der Waals surface area contributed by atoms with Gasteiger partial charge in [0, 0.05) is 32.6 Å². The second kappa shape index (κ2) is 6.77. The number of methoxy groups -OCH3 is 1. The second-order valence-corrected chi connectivity index (χ2v) is 4.50. The van der Waals surface area contributed by atoms with E-state index in [-0.39, 0.29) is 0 Å². The van der Waals surface area contributed by atoms with E-state index in [1.54, 1.807) is 7.11 Å². The highest BCUT2D eigenvalue weighted by atomic mass is 16.5. The Morgan fingerprint density at radius 1 is 1.24 bits per heavy atom. The summed E-state index contributed by atoms with van der Waals surface area (Å²) in [6, 6.07) is 0. The molecule has 0 atom stereocenters. The topological polar surface area (TPSA) is 36.3 Å². The first kappa shape index (κ1) is 12.6.